The van der Waals surface area contributed by atoms with Gasteiger partial charge in [0.05, 0.1) is 12.4 Å². The summed E-state index contributed by atoms with van der Waals surface area (Å²) >= 11 is 1.72. The molecule has 3 aliphatic rings. The van der Waals surface area contributed by atoms with Gasteiger partial charge in [0.1, 0.15) is 0 Å². The molecule has 1 fully saturated rings. The van der Waals surface area contributed by atoms with E-state index in [4.69, 9.17) is 4.74 Å². The van der Waals surface area contributed by atoms with Crippen molar-refractivity contribution in [1.82, 2.24) is 0 Å². The van der Waals surface area contributed by atoms with Gasteiger partial charge in [-0.05, 0) is 67.3 Å². The molecule has 3 heteroatoms. The molecule has 0 aromatic rings. The Morgan fingerprint density at radius 2 is 2.03 bits per heavy atom. The van der Waals surface area contributed by atoms with Gasteiger partial charge in [-0.15, -0.1) is 11.8 Å². The highest BCUT2D eigenvalue weighted by atomic mass is 32.2. The van der Waals surface area contributed by atoms with Gasteiger partial charge in [-0.25, -0.2) is 0 Å². The molecule has 0 saturated heterocycles. The monoisotopic (exact) mass is 432 g/mol. The average molecular weight is 433 g/mol. The second kappa shape index (κ2) is 9.04. The molecule has 4 atom stereocenters. The lowest BCUT2D eigenvalue weighted by molar-refractivity contribution is -0.150. The number of esters is 1. The summed E-state index contributed by atoms with van der Waals surface area (Å²) in [5.41, 5.74) is 3.65. The number of fused-ring (bicyclic) bond motifs is 3. The van der Waals surface area contributed by atoms with Crippen molar-refractivity contribution in [3.05, 3.63) is 23.3 Å². The zero-order valence-electron chi connectivity index (χ0n) is 20.5. The predicted molar refractivity (Wildman–Crippen MR) is 130 cm³/mol. The number of ether oxygens (including phenoxy) is 1. The van der Waals surface area contributed by atoms with Crippen molar-refractivity contribution in [2.45, 2.75) is 98.2 Å². The third-order valence-corrected chi connectivity index (χ3v) is 10.1. The molecule has 3 aliphatic carbocycles. The van der Waals surface area contributed by atoms with E-state index >= 15 is 0 Å². The van der Waals surface area contributed by atoms with E-state index in [9.17, 15) is 4.79 Å². The summed E-state index contributed by atoms with van der Waals surface area (Å²) < 4.78 is 6.05. The van der Waals surface area contributed by atoms with E-state index in [-0.39, 0.29) is 16.1 Å². The lowest BCUT2D eigenvalue weighted by Gasteiger charge is -2.58. The molecule has 0 radical (unpaired) electrons. The molecule has 0 unspecified atom stereocenters. The van der Waals surface area contributed by atoms with E-state index < -0.39 is 0 Å². The van der Waals surface area contributed by atoms with Crippen molar-refractivity contribution in [2.75, 3.05) is 12.4 Å². The van der Waals surface area contributed by atoms with Crippen LogP contribution >= 0.6 is 11.8 Å². The Labute approximate surface area is 189 Å². The van der Waals surface area contributed by atoms with Crippen molar-refractivity contribution in [2.24, 2.45) is 28.6 Å². The van der Waals surface area contributed by atoms with E-state index in [2.05, 4.69) is 60.6 Å². The molecule has 0 aromatic heterocycles. The molecule has 0 spiro atoms. The number of rotatable bonds is 7. The maximum atomic E-state index is 12.5. The predicted octanol–water partition coefficient (Wildman–Crippen LogP) is 7.59. The fourth-order valence-corrected chi connectivity index (χ4v) is 7.09. The van der Waals surface area contributed by atoms with Crippen LogP contribution < -0.4 is 0 Å². The fourth-order valence-electron chi connectivity index (χ4n) is 6.29. The van der Waals surface area contributed by atoms with Gasteiger partial charge in [0.15, 0.2) is 0 Å². The number of hydrogen-bond donors (Lipinski definition) is 0. The molecule has 0 amide bonds. The van der Waals surface area contributed by atoms with Crippen LogP contribution in [0.1, 0.15) is 93.4 Å². The standard InChI is InChI=1S/C27H44O2S/c1-8-25(4,5)30-17-24(28)29-18-26(6)14-9-15-27(7)22-12-10-20(19(2)3)16-21(22)11-13-23(26)27/h11,16,19,22-23H,8-10,12-15,17-18H2,1-7H3/t22-,23+,26-,27+/m0/s1. The summed E-state index contributed by atoms with van der Waals surface area (Å²) in [5.74, 6) is 2.37. The van der Waals surface area contributed by atoms with E-state index in [0.29, 0.717) is 35.5 Å². The minimum absolute atomic E-state index is 0.0377. The van der Waals surface area contributed by atoms with Crippen molar-refractivity contribution in [1.29, 1.82) is 0 Å². The summed E-state index contributed by atoms with van der Waals surface area (Å²) in [6, 6.07) is 0. The number of hydrogen-bond acceptors (Lipinski definition) is 3. The third kappa shape index (κ3) is 4.87. The fraction of sp³-hybridized carbons (Fsp3) is 0.815. The van der Waals surface area contributed by atoms with Crippen molar-refractivity contribution in [3.63, 3.8) is 0 Å². The maximum Gasteiger partial charge on any atom is 0.315 e. The summed E-state index contributed by atoms with van der Waals surface area (Å²) in [7, 11) is 0. The van der Waals surface area contributed by atoms with Gasteiger partial charge in [0.2, 0.25) is 0 Å². The quantitative estimate of drug-likeness (QED) is 0.388. The Morgan fingerprint density at radius 3 is 2.70 bits per heavy atom. The molecular weight excluding hydrogens is 388 g/mol. The first-order valence-corrected chi connectivity index (χ1v) is 13.2. The van der Waals surface area contributed by atoms with Crippen LogP contribution in [0.15, 0.2) is 23.3 Å². The number of carbonyl (C=O) groups excluding carboxylic acids is 1. The zero-order valence-corrected chi connectivity index (χ0v) is 21.3. The summed E-state index contributed by atoms with van der Waals surface area (Å²) in [5, 5.41) is 0. The summed E-state index contributed by atoms with van der Waals surface area (Å²) in [6.45, 7) is 16.8. The van der Waals surface area contributed by atoms with Gasteiger partial charge < -0.3 is 4.74 Å². The Hall–Kier alpha value is -0.700. The Kier molecular flexibility index (Phi) is 7.22. The smallest absolute Gasteiger partial charge is 0.315 e. The second-order valence-corrected chi connectivity index (χ2v) is 13.2. The van der Waals surface area contributed by atoms with Crippen molar-refractivity contribution < 1.29 is 9.53 Å². The number of allylic oxidation sites excluding steroid dienone is 4. The topological polar surface area (TPSA) is 26.3 Å². The van der Waals surface area contributed by atoms with Crippen molar-refractivity contribution in [3.8, 4) is 0 Å². The molecule has 0 N–H and O–H groups in total. The van der Waals surface area contributed by atoms with Crippen LogP contribution in [0.3, 0.4) is 0 Å². The Balaban J connectivity index is 1.70. The van der Waals surface area contributed by atoms with Crippen LogP contribution in [0.25, 0.3) is 0 Å². The van der Waals surface area contributed by atoms with Gasteiger partial charge in [0, 0.05) is 10.2 Å². The lowest BCUT2D eigenvalue weighted by atomic mass is 9.47. The minimum atomic E-state index is -0.0377. The summed E-state index contributed by atoms with van der Waals surface area (Å²) in [4.78, 5) is 12.5. The van der Waals surface area contributed by atoms with E-state index in [1.807, 2.05) is 0 Å². The van der Waals surface area contributed by atoms with Gasteiger partial charge in [-0.1, -0.05) is 72.6 Å². The molecule has 1 saturated carbocycles. The van der Waals surface area contributed by atoms with Crippen molar-refractivity contribution >= 4 is 17.7 Å². The second-order valence-electron chi connectivity index (χ2n) is 11.5. The van der Waals surface area contributed by atoms with Crippen LogP contribution in [-0.4, -0.2) is 23.1 Å². The van der Waals surface area contributed by atoms with Gasteiger partial charge in [-0.2, -0.15) is 0 Å². The molecule has 0 bridgehead atoms. The average Bonchev–Trinajstić information content (AvgIpc) is 2.70. The molecule has 30 heavy (non-hydrogen) atoms. The summed E-state index contributed by atoms with van der Waals surface area (Å²) in [6.07, 6.45) is 13.5. The van der Waals surface area contributed by atoms with E-state index in [0.717, 1.165) is 12.8 Å². The van der Waals surface area contributed by atoms with E-state index in [1.165, 1.54) is 32.1 Å². The van der Waals surface area contributed by atoms with Crippen LogP contribution in [0, 0.1) is 28.6 Å². The van der Waals surface area contributed by atoms with Crippen LogP contribution in [-0.2, 0) is 9.53 Å². The van der Waals surface area contributed by atoms with Crippen LogP contribution in [0.5, 0.6) is 0 Å². The molecule has 2 nitrogen and oxygen atoms in total. The highest BCUT2D eigenvalue weighted by Gasteiger charge is 2.54. The first kappa shape index (κ1) is 24.0. The zero-order chi connectivity index (χ0) is 22.2. The molecule has 0 aromatic carbocycles. The van der Waals surface area contributed by atoms with Crippen LogP contribution in [0.2, 0.25) is 0 Å². The molecule has 3 rings (SSSR count). The number of carbonyl (C=O) groups is 1. The minimum Gasteiger partial charge on any atom is -0.464 e. The molecule has 0 aliphatic heterocycles. The first-order chi connectivity index (χ1) is 14.0. The van der Waals surface area contributed by atoms with Gasteiger partial charge >= 0.3 is 5.97 Å². The largest absolute Gasteiger partial charge is 0.464 e. The molecular formula is C27H44O2S. The Morgan fingerprint density at radius 1 is 1.30 bits per heavy atom. The molecule has 0 heterocycles. The van der Waals surface area contributed by atoms with Gasteiger partial charge in [0.25, 0.3) is 0 Å². The first-order valence-electron chi connectivity index (χ1n) is 12.2. The maximum absolute atomic E-state index is 12.5. The highest BCUT2D eigenvalue weighted by molar-refractivity contribution is 8.01. The number of thioether (sulfide) groups is 1. The highest BCUT2D eigenvalue weighted by Crippen LogP contribution is 2.62. The normalized spacial score (nSPS) is 34.0. The molecule has 170 valence electrons. The Bertz CT molecular complexity index is 704. The third-order valence-electron chi connectivity index (χ3n) is 8.70. The van der Waals surface area contributed by atoms with E-state index in [1.54, 1.807) is 22.9 Å². The SMILES string of the molecule is CCC(C)(C)SCC(=O)OC[C@]1(C)CCC[C@@]2(C)[C@@H]1CC=C1C=C(C(C)C)CC[C@@H]12. The van der Waals surface area contributed by atoms with Gasteiger partial charge in [-0.3, -0.25) is 4.79 Å². The van der Waals surface area contributed by atoms with Crippen LogP contribution in [0.4, 0.5) is 0 Å². The lowest BCUT2D eigenvalue weighted by Crippen LogP contribution is -2.51.